The Morgan fingerprint density at radius 1 is 1.50 bits per heavy atom. The fraction of sp³-hybridized carbons (Fsp3) is 0.412. The van der Waals surface area contributed by atoms with Gasteiger partial charge in [0.1, 0.15) is 0 Å². The highest BCUT2D eigenvalue weighted by Gasteiger charge is 2.30. The first-order valence-corrected chi connectivity index (χ1v) is 8.47. The van der Waals surface area contributed by atoms with Gasteiger partial charge in [0.25, 0.3) is 0 Å². The van der Waals surface area contributed by atoms with Gasteiger partial charge >= 0.3 is 0 Å². The standard InChI is InChI=1S/C17H17Cl2N3O2/c1-22-16-10(3-5-23)8-21-13(24)7-11(16)14-9(2-4-20)6-12(18)15(19)17(14)22/h6,10,23H,2-3,5,7-8H2,1H3,(H,21,24). The van der Waals surface area contributed by atoms with Crippen molar-refractivity contribution in [3.05, 3.63) is 32.9 Å². The number of benzene rings is 1. The van der Waals surface area contributed by atoms with Gasteiger partial charge in [-0.05, 0) is 23.6 Å². The fourth-order valence-corrected chi connectivity index (χ4v) is 4.14. The van der Waals surface area contributed by atoms with E-state index >= 15 is 0 Å². The Balaban J connectivity index is 2.40. The zero-order valence-corrected chi connectivity index (χ0v) is 14.7. The summed E-state index contributed by atoms with van der Waals surface area (Å²) in [4.78, 5) is 12.2. The summed E-state index contributed by atoms with van der Waals surface area (Å²) in [5.74, 6) is -0.0863. The second-order valence-electron chi connectivity index (χ2n) is 6.00. The van der Waals surface area contributed by atoms with Crippen molar-refractivity contribution in [2.45, 2.75) is 25.2 Å². The van der Waals surface area contributed by atoms with Gasteiger partial charge in [0, 0.05) is 37.2 Å². The Morgan fingerprint density at radius 2 is 2.25 bits per heavy atom. The van der Waals surface area contributed by atoms with Crippen molar-refractivity contribution in [1.29, 1.82) is 5.26 Å². The van der Waals surface area contributed by atoms with E-state index in [1.807, 2.05) is 11.6 Å². The maximum absolute atomic E-state index is 12.2. The Morgan fingerprint density at radius 3 is 2.92 bits per heavy atom. The van der Waals surface area contributed by atoms with Gasteiger partial charge in [0.2, 0.25) is 5.91 Å². The predicted octanol–water partition coefficient (Wildman–Crippen LogP) is 2.69. The number of aliphatic hydroxyl groups excluding tert-OH is 1. The normalized spacial score (nSPS) is 17.3. The van der Waals surface area contributed by atoms with E-state index < -0.39 is 0 Å². The van der Waals surface area contributed by atoms with E-state index in [4.69, 9.17) is 28.5 Å². The number of halogens is 2. The summed E-state index contributed by atoms with van der Waals surface area (Å²) in [6.07, 6.45) is 0.956. The molecule has 24 heavy (non-hydrogen) atoms. The molecule has 1 aliphatic rings. The SMILES string of the molecule is Cn1c2c(c3c(CC#N)cc(Cl)c(Cl)c31)CC(=O)NCC2CCO. The summed E-state index contributed by atoms with van der Waals surface area (Å²) in [6, 6.07) is 3.86. The number of nitrogens with one attached hydrogen (secondary N) is 1. The molecule has 1 unspecified atom stereocenters. The first-order valence-electron chi connectivity index (χ1n) is 7.72. The number of nitrogens with zero attached hydrogens (tertiary/aromatic N) is 2. The number of aliphatic hydroxyl groups is 1. The molecular formula is C17H17Cl2N3O2. The van der Waals surface area contributed by atoms with Crippen LogP contribution in [0.5, 0.6) is 0 Å². The average molecular weight is 366 g/mol. The topological polar surface area (TPSA) is 78.0 Å². The number of hydrogen-bond acceptors (Lipinski definition) is 3. The number of rotatable bonds is 3. The van der Waals surface area contributed by atoms with Crippen molar-refractivity contribution in [1.82, 2.24) is 9.88 Å². The van der Waals surface area contributed by atoms with Crippen LogP contribution in [0.2, 0.25) is 10.0 Å². The number of hydrogen-bond donors (Lipinski definition) is 2. The van der Waals surface area contributed by atoms with Crippen molar-refractivity contribution in [2.24, 2.45) is 7.05 Å². The molecule has 0 aliphatic carbocycles. The Bertz CT molecular complexity index is 867. The zero-order valence-electron chi connectivity index (χ0n) is 13.2. The zero-order chi connectivity index (χ0) is 17.4. The van der Waals surface area contributed by atoms with Gasteiger partial charge in [0.15, 0.2) is 0 Å². The van der Waals surface area contributed by atoms with Crippen LogP contribution in [0.4, 0.5) is 0 Å². The van der Waals surface area contributed by atoms with Crippen molar-refractivity contribution in [3.8, 4) is 6.07 Å². The summed E-state index contributed by atoms with van der Waals surface area (Å²) in [5.41, 5.74) is 3.37. The van der Waals surface area contributed by atoms with E-state index in [1.165, 1.54) is 0 Å². The van der Waals surface area contributed by atoms with E-state index in [2.05, 4.69) is 11.4 Å². The molecular weight excluding hydrogens is 349 g/mol. The largest absolute Gasteiger partial charge is 0.396 e. The summed E-state index contributed by atoms with van der Waals surface area (Å²) in [5, 5.41) is 23.1. The van der Waals surface area contributed by atoms with Crippen LogP contribution >= 0.6 is 23.2 Å². The highest BCUT2D eigenvalue weighted by atomic mass is 35.5. The average Bonchev–Trinajstić information content (AvgIpc) is 2.71. The second-order valence-corrected chi connectivity index (χ2v) is 6.79. The Labute approximate surface area is 149 Å². The summed E-state index contributed by atoms with van der Waals surface area (Å²) in [6.45, 7) is 0.497. The number of carbonyl (C=O) groups excluding carboxylic acids is 1. The molecule has 1 aromatic carbocycles. The molecule has 7 heteroatoms. The number of nitriles is 1. The highest BCUT2D eigenvalue weighted by Crippen LogP contribution is 2.41. The Hall–Kier alpha value is -1.74. The van der Waals surface area contributed by atoms with Crippen molar-refractivity contribution < 1.29 is 9.90 Å². The summed E-state index contributed by atoms with van der Waals surface area (Å²) in [7, 11) is 1.89. The lowest BCUT2D eigenvalue weighted by Gasteiger charge is -2.16. The molecule has 0 spiro atoms. The monoisotopic (exact) mass is 365 g/mol. The predicted molar refractivity (Wildman–Crippen MR) is 93.4 cm³/mol. The molecule has 0 fully saturated rings. The van der Waals surface area contributed by atoms with E-state index in [-0.39, 0.29) is 31.3 Å². The third-order valence-electron chi connectivity index (χ3n) is 4.60. The summed E-state index contributed by atoms with van der Waals surface area (Å²) < 4.78 is 1.96. The van der Waals surface area contributed by atoms with Crippen LogP contribution < -0.4 is 5.32 Å². The van der Waals surface area contributed by atoms with Crippen LogP contribution in [-0.4, -0.2) is 28.7 Å². The van der Waals surface area contributed by atoms with Gasteiger partial charge in [-0.25, -0.2) is 0 Å². The fourth-order valence-electron chi connectivity index (χ4n) is 3.64. The van der Waals surface area contributed by atoms with Crippen LogP contribution in [0.15, 0.2) is 6.07 Å². The first-order chi connectivity index (χ1) is 11.5. The number of aromatic nitrogens is 1. The van der Waals surface area contributed by atoms with Crippen LogP contribution in [0.25, 0.3) is 10.9 Å². The van der Waals surface area contributed by atoms with Gasteiger partial charge in [-0.3, -0.25) is 4.79 Å². The molecule has 5 nitrogen and oxygen atoms in total. The number of fused-ring (bicyclic) bond motifs is 3. The summed E-state index contributed by atoms with van der Waals surface area (Å²) >= 11 is 12.7. The first kappa shape index (κ1) is 17.1. The maximum Gasteiger partial charge on any atom is 0.224 e. The smallest absolute Gasteiger partial charge is 0.224 e. The molecule has 0 radical (unpaired) electrons. The lowest BCUT2D eigenvalue weighted by Crippen LogP contribution is -2.27. The number of aryl methyl sites for hydroxylation is 1. The van der Waals surface area contributed by atoms with E-state index in [1.54, 1.807) is 6.07 Å². The van der Waals surface area contributed by atoms with E-state index in [0.717, 1.165) is 27.7 Å². The molecule has 2 aromatic rings. The van der Waals surface area contributed by atoms with Gasteiger partial charge in [-0.2, -0.15) is 5.26 Å². The molecule has 2 heterocycles. The van der Waals surface area contributed by atoms with Gasteiger partial charge < -0.3 is 15.0 Å². The minimum atomic E-state index is -0.0711. The molecule has 0 saturated carbocycles. The molecule has 1 atom stereocenters. The molecule has 0 saturated heterocycles. The van der Waals surface area contributed by atoms with Crippen molar-refractivity contribution in [2.75, 3.05) is 13.2 Å². The minimum absolute atomic E-state index is 0.0152. The van der Waals surface area contributed by atoms with Crippen molar-refractivity contribution >= 4 is 40.0 Å². The molecule has 1 aromatic heterocycles. The number of amides is 1. The van der Waals surface area contributed by atoms with Crippen LogP contribution in [-0.2, 0) is 24.7 Å². The quantitative estimate of drug-likeness (QED) is 0.877. The highest BCUT2D eigenvalue weighted by molar-refractivity contribution is 6.45. The van der Waals surface area contributed by atoms with E-state index in [9.17, 15) is 9.90 Å². The van der Waals surface area contributed by atoms with Crippen LogP contribution in [0.3, 0.4) is 0 Å². The van der Waals surface area contributed by atoms with Gasteiger partial charge in [-0.15, -0.1) is 0 Å². The molecule has 126 valence electrons. The van der Waals surface area contributed by atoms with Crippen LogP contribution in [0, 0.1) is 11.3 Å². The van der Waals surface area contributed by atoms with Gasteiger partial charge in [-0.1, -0.05) is 23.2 Å². The lowest BCUT2D eigenvalue weighted by molar-refractivity contribution is -0.120. The van der Waals surface area contributed by atoms with Gasteiger partial charge in [0.05, 0.1) is 34.5 Å². The maximum atomic E-state index is 12.2. The number of carbonyl (C=O) groups is 1. The molecule has 2 N–H and O–H groups in total. The Kier molecular flexibility index (Phi) is 4.73. The molecule has 1 aliphatic heterocycles. The molecule has 0 bridgehead atoms. The molecule has 1 amide bonds. The second kappa shape index (κ2) is 6.64. The van der Waals surface area contributed by atoms with E-state index in [0.29, 0.717) is 23.0 Å². The lowest BCUT2D eigenvalue weighted by atomic mass is 9.95. The third-order valence-corrected chi connectivity index (χ3v) is 5.38. The van der Waals surface area contributed by atoms with Crippen LogP contribution in [0.1, 0.15) is 29.2 Å². The minimum Gasteiger partial charge on any atom is -0.396 e. The third kappa shape index (κ3) is 2.65. The molecule has 3 rings (SSSR count). The van der Waals surface area contributed by atoms with Crippen molar-refractivity contribution in [3.63, 3.8) is 0 Å².